The highest BCUT2D eigenvalue weighted by Gasteiger charge is 2.11. The van der Waals surface area contributed by atoms with Gasteiger partial charge >= 0.3 is 0 Å². The smallest absolute Gasteiger partial charge is 0.0712 e. The van der Waals surface area contributed by atoms with E-state index in [1.54, 1.807) is 0 Å². The molecule has 0 fully saturated rings. The highest BCUT2D eigenvalue weighted by molar-refractivity contribution is 6.21. The average molecular weight is 317 g/mol. The van der Waals surface area contributed by atoms with Crippen LogP contribution in [-0.4, -0.2) is 30.0 Å². The number of aromatic nitrogens is 1. The van der Waals surface area contributed by atoms with Gasteiger partial charge in [0.2, 0.25) is 0 Å². The van der Waals surface area contributed by atoms with Crippen molar-refractivity contribution in [3.63, 3.8) is 0 Å². The summed E-state index contributed by atoms with van der Waals surface area (Å²) in [5, 5.41) is 0.0312. The summed E-state index contributed by atoms with van der Waals surface area (Å²) >= 11 is 6.56. The molecule has 0 amide bonds. The van der Waals surface area contributed by atoms with Gasteiger partial charge in [-0.15, -0.1) is 11.6 Å². The van der Waals surface area contributed by atoms with Crippen LogP contribution in [0.25, 0.3) is 0 Å². The van der Waals surface area contributed by atoms with Gasteiger partial charge < -0.3 is 4.90 Å². The molecule has 1 aromatic carbocycles. The molecule has 0 aliphatic carbocycles. The second-order valence-electron chi connectivity index (χ2n) is 6.16. The van der Waals surface area contributed by atoms with E-state index in [0.29, 0.717) is 5.92 Å². The lowest BCUT2D eigenvalue weighted by atomic mass is 10.0. The van der Waals surface area contributed by atoms with E-state index in [1.165, 1.54) is 16.7 Å². The van der Waals surface area contributed by atoms with E-state index >= 15 is 0 Å². The zero-order valence-electron chi connectivity index (χ0n) is 13.7. The number of benzene rings is 1. The summed E-state index contributed by atoms with van der Waals surface area (Å²) in [6.45, 7) is 6.27. The monoisotopic (exact) mass is 316 g/mol. The summed E-state index contributed by atoms with van der Waals surface area (Å²) in [7, 11) is 2.12. The molecule has 1 aromatic heterocycles. The van der Waals surface area contributed by atoms with Crippen molar-refractivity contribution in [1.82, 2.24) is 9.88 Å². The number of hydrogen-bond acceptors (Lipinski definition) is 2. The Morgan fingerprint density at radius 1 is 1.00 bits per heavy atom. The second kappa shape index (κ2) is 8.30. The van der Waals surface area contributed by atoms with Gasteiger partial charge in [0.1, 0.15) is 0 Å². The molecule has 22 heavy (non-hydrogen) atoms. The summed E-state index contributed by atoms with van der Waals surface area (Å²) in [6.07, 6.45) is 4.71. The van der Waals surface area contributed by atoms with E-state index in [-0.39, 0.29) is 5.38 Å². The molecule has 1 atom stereocenters. The Morgan fingerprint density at radius 2 is 1.59 bits per heavy atom. The normalized spacial score (nSPS) is 12.8. The lowest BCUT2D eigenvalue weighted by Gasteiger charge is -2.20. The van der Waals surface area contributed by atoms with Crippen molar-refractivity contribution >= 4 is 11.6 Å². The highest BCUT2D eigenvalue weighted by Crippen LogP contribution is 2.23. The van der Waals surface area contributed by atoms with E-state index in [9.17, 15) is 0 Å². The van der Waals surface area contributed by atoms with E-state index in [1.807, 2.05) is 12.4 Å². The summed E-state index contributed by atoms with van der Waals surface area (Å²) in [4.78, 5) is 6.33. The van der Waals surface area contributed by atoms with Crippen molar-refractivity contribution in [3.05, 3.63) is 65.5 Å². The van der Waals surface area contributed by atoms with E-state index in [2.05, 4.69) is 67.2 Å². The van der Waals surface area contributed by atoms with Crippen LogP contribution in [0, 0.1) is 0 Å². The third-order valence-corrected chi connectivity index (χ3v) is 4.36. The van der Waals surface area contributed by atoms with Gasteiger partial charge in [0.05, 0.1) is 5.38 Å². The zero-order chi connectivity index (χ0) is 15.9. The molecular formula is C19H25ClN2. The predicted molar refractivity (Wildman–Crippen MR) is 94.6 cm³/mol. The Hall–Kier alpha value is -1.38. The van der Waals surface area contributed by atoms with Crippen molar-refractivity contribution in [2.45, 2.75) is 31.6 Å². The number of halogens is 1. The molecule has 2 nitrogen and oxygen atoms in total. The molecule has 0 bridgehead atoms. The largest absolute Gasteiger partial charge is 0.304 e. The Morgan fingerprint density at radius 3 is 2.18 bits per heavy atom. The van der Waals surface area contributed by atoms with Crippen molar-refractivity contribution < 1.29 is 0 Å². The second-order valence-corrected chi connectivity index (χ2v) is 6.68. The van der Waals surface area contributed by atoms with Crippen LogP contribution in [0.1, 0.15) is 41.8 Å². The maximum atomic E-state index is 6.56. The molecule has 0 N–H and O–H groups in total. The third-order valence-electron chi connectivity index (χ3n) is 3.97. The van der Waals surface area contributed by atoms with Crippen LogP contribution >= 0.6 is 11.6 Å². The Balaban J connectivity index is 1.84. The molecule has 1 heterocycles. The topological polar surface area (TPSA) is 16.1 Å². The molecule has 0 saturated carbocycles. The molecular weight excluding hydrogens is 292 g/mol. The first kappa shape index (κ1) is 17.0. The Bertz CT molecular complexity index is 551. The standard InChI is InChI=1S/C19H25ClN2/c1-15(2)17-4-6-18(7-5-17)19(20)14-22(3)13-10-16-8-11-21-12-9-16/h4-9,11-12,15,19H,10,13-14H2,1-3H3. The first-order chi connectivity index (χ1) is 10.6. The van der Waals surface area contributed by atoms with Crippen LogP contribution in [0.5, 0.6) is 0 Å². The van der Waals surface area contributed by atoms with Gasteiger partial charge in [-0.1, -0.05) is 38.1 Å². The average Bonchev–Trinajstić information content (AvgIpc) is 2.54. The molecule has 2 rings (SSSR count). The summed E-state index contributed by atoms with van der Waals surface area (Å²) < 4.78 is 0. The first-order valence-electron chi connectivity index (χ1n) is 7.87. The summed E-state index contributed by atoms with van der Waals surface area (Å²) in [5.41, 5.74) is 3.87. The maximum absolute atomic E-state index is 6.56. The minimum absolute atomic E-state index is 0.0312. The van der Waals surface area contributed by atoms with Crippen LogP contribution in [0.3, 0.4) is 0 Å². The predicted octanol–water partition coefficient (Wildman–Crippen LogP) is 4.66. The van der Waals surface area contributed by atoms with Crippen LogP contribution in [0.15, 0.2) is 48.8 Å². The Kier molecular flexibility index (Phi) is 6.41. The van der Waals surface area contributed by atoms with Crippen LogP contribution in [0.2, 0.25) is 0 Å². The van der Waals surface area contributed by atoms with Gasteiger partial charge in [-0.3, -0.25) is 4.98 Å². The molecule has 1 unspecified atom stereocenters. The van der Waals surface area contributed by atoms with Crippen molar-refractivity contribution in [2.24, 2.45) is 0 Å². The van der Waals surface area contributed by atoms with E-state index < -0.39 is 0 Å². The van der Waals surface area contributed by atoms with E-state index in [4.69, 9.17) is 11.6 Å². The molecule has 0 radical (unpaired) electrons. The van der Waals surface area contributed by atoms with Crippen LogP contribution in [0.4, 0.5) is 0 Å². The molecule has 2 aromatic rings. The van der Waals surface area contributed by atoms with Gasteiger partial charge in [-0.25, -0.2) is 0 Å². The van der Waals surface area contributed by atoms with Crippen molar-refractivity contribution in [1.29, 1.82) is 0 Å². The van der Waals surface area contributed by atoms with Crippen molar-refractivity contribution in [2.75, 3.05) is 20.1 Å². The minimum atomic E-state index is 0.0312. The minimum Gasteiger partial charge on any atom is -0.304 e. The van der Waals surface area contributed by atoms with Gasteiger partial charge in [-0.05, 0) is 48.2 Å². The Labute approximate surface area is 139 Å². The maximum Gasteiger partial charge on any atom is 0.0712 e. The summed E-state index contributed by atoms with van der Waals surface area (Å²) in [6, 6.07) is 12.8. The van der Waals surface area contributed by atoms with Gasteiger partial charge in [0.25, 0.3) is 0 Å². The number of likely N-dealkylation sites (N-methyl/N-ethyl adjacent to an activating group) is 1. The molecule has 0 aliphatic heterocycles. The number of rotatable bonds is 7. The lowest BCUT2D eigenvalue weighted by molar-refractivity contribution is 0.338. The number of alkyl halides is 1. The van der Waals surface area contributed by atoms with Gasteiger partial charge in [-0.2, -0.15) is 0 Å². The SMILES string of the molecule is CC(C)c1ccc(C(Cl)CN(C)CCc2ccncc2)cc1. The highest BCUT2D eigenvalue weighted by atomic mass is 35.5. The van der Waals surface area contributed by atoms with Gasteiger partial charge in [0.15, 0.2) is 0 Å². The molecule has 118 valence electrons. The lowest BCUT2D eigenvalue weighted by Crippen LogP contribution is -2.25. The van der Waals surface area contributed by atoms with Crippen LogP contribution in [-0.2, 0) is 6.42 Å². The molecule has 0 aliphatic rings. The fraction of sp³-hybridized carbons (Fsp3) is 0.421. The summed E-state index contributed by atoms with van der Waals surface area (Å²) in [5.74, 6) is 0.561. The number of nitrogens with zero attached hydrogens (tertiary/aromatic N) is 2. The van der Waals surface area contributed by atoms with E-state index in [0.717, 1.165) is 19.5 Å². The number of hydrogen-bond donors (Lipinski definition) is 0. The molecule has 3 heteroatoms. The molecule has 0 saturated heterocycles. The number of pyridine rings is 1. The fourth-order valence-electron chi connectivity index (χ4n) is 2.43. The zero-order valence-corrected chi connectivity index (χ0v) is 14.4. The molecule has 0 spiro atoms. The first-order valence-corrected chi connectivity index (χ1v) is 8.31. The van der Waals surface area contributed by atoms with Crippen LogP contribution < -0.4 is 0 Å². The quantitative estimate of drug-likeness (QED) is 0.691. The third kappa shape index (κ3) is 5.11. The van der Waals surface area contributed by atoms with Crippen molar-refractivity contribution in [3.8, 4) is 0 Å². The van der Waals surface area contributed by atoms with Gasteiger partial charge in [0, 0.05) is 25.5 Å². The fourth-order valence-corrected chi connectivity index (χ4v) is 2.81.